The van der Waals surface area contributed by atoms with Crippen molar-refractivity contribution in [3.63, 3.8) is 0 Å². The van der Waals surface area contributed by atoms with Gasteiger partial charge in [-0.05, 0) is 44.0 Å². The number of nitrogens with zero attached hydrogens (tertiary/aromatic N) is 2. The first-order valence-corrected chi connectivity index (χ1v) is 10.1. The normalized spacial score (nSPS) is 12.4. The maximum Gasteiger partial charge on any atom is 0.318 e. The number of aromatic nitrogens is 3. The van der Waals surface area contributed by atoms with Crippen LogP contribution < -0.4 is 5.56 Å². The van der Waals surface area contributed by atoms with Crippen LogP contribution in [0, 0.1) is 13.8 Å². The first-order valence-electron chi connectivity index (χ1n) is 9.26. The lowest BCUT2D eigenvalue weighted by Crippen LogP contribution is -2.24. The average Bonchev–Trinajstić information content (AvgIpc) is 3.09. The topological polar surface area (TPSA) is 77.0 Å². The zero-order chi connectivity index (χ0) is 20.7. The molecule has 0 aliphatic rings. The maximum absolute atomic E-state index is 13.6. The fourth-order valence-corrected chi connectivity index (χ4v) is 4.31. The molecule has 1 unspecified atom stereocenters. The van der Waals surface area contributed by atoms with Crippen LogP contribution >= 0.6 is 11.8 Å². The van der Waals surface area contributed by atoms with E-state index >= 15 is 0 Å². The second kappa shape index (κ2) is 7.40. The second-order valence-electron chi connectivity index (χ2n) is 7.00. The molecule has 0 spiro atoms. The zero-order valence-corrected chi connectivity index (χ0v) is 17.5. The summed E-state index contributed by atoms with van der Waals surface area (Å²) in [7, 11) is 1.35. The summed E-state index contributed by atoms with van der Waals surface area (Å²) in [4.78, 5) is 33.6. The maximum atomic E-state index is 13.6. The molecule has 4 aromatic rings. The Bertz CT molecular complexity index is 1310. The van der Waals surface area contributed by atoms with Crippen molar-refractivity contribution in [2.24, 2.45) is 0 Å². The first kappa shape index (κ1) is 19.3. The van der Waals surface area contributed by atoms with Crippen LogP contribution in [0.5, 0.6) is 0 Å². The van der Waals surface area contributed by atoms with Gasteiger partial charge >= 0.3 is 5.97 Å². The van der Waals surface area contributed by atoms with E-state index in [1.807, 2.05) is 56.3 Å². The third kappa shape index (κ3) is 3.31. The van der Waals surface area contributed by atoms with E-state index in [9.17, 15) is 9.59 Å². The van der Waals surface area contributed by atoms with Crippen molar-refractivity contribution < 1.29 is 9.53 Å². The largest absolute Gasteiger partial charge is 0.468 e. The SMILES string of the molecule is COC(=O)C(C)Sc1nc2c([nH]c3ccccc32)c(=O)n1-c1cc(C)ccc1C. The van der Waals surface area contributed by atoms with Crippen molar-refractivity contribution in [1.29, 1.82) is 0 Å². The highest BCUT2D eigenvalue weighted by Gasteiger charge is 2.23. The Labute approximate surface area is 171 Å². The number of para-hydroxylation sites is 1. The lowest BCUT2D eigenvalue weighted by atomic mass is 10.1. The molecule has 2 heterocycles. The Morgan fingerprint density at radius 2 is 1.97 bits per heavy atom. The monoisotopic (exact) mass is 407 g/mol. The van der Waals surface area contributed by atoms with Crippen LogP contribution in [0.25, 0.3) is 27.6 Å². The number of aryl methyl sites for hydroxylation is 2. The number of carbonyl (C=O) groups excluding carboxylic acids is 1. The van der Waals surface area contributed by atoms with Crippen molar-refractivity contribution in [1.82, 2.24) is 14.5 Å². The van der Waals surface area contributed by atoms with E-state index in [0.29, 0.717) is 16.2 Å². The summed E-state index contributed by atoms with van der Waals surface area (Å²) in [6.07, 6.45) is 0. The summed E-state index contributed by atoms with van der Waals surface area (Å²) in [5.74, 6) is -0.365. The molecule has 0 aliphatic heterocycles. The molecule has 0 saturated heterocycles. The van der Waals surface area contributed by atoms with E-state index in [1.54, 1.807) is 11.5 Å². The molecule has 4 rings (SSSR count). The molecule has 0 amide bonds. The minimum Gasteiger partial charge on any atom is -0.468 e. The summed E-state index contributed by atoms with van der Waals surface area (Å²) in [6, 6.07) is 13.6. The van der Waals surface area contributed by atoms with E-state index in [-0.39, 0.29) is 11.5 Å². The Balaban J connectivity index is 2.06. The van der Waals surface area contributed by atoms with E-state index in [4.69, 9.17) is 9.72 Å². The molecule has 2 aromatic heterocycles. The van der Waals surface area contributed by atoms with Crippen molar-refractivity contribution in [3.05, 3.63) is 63.9 Å². The quantitative estimate of drug-likeness (QED) is 0.313. The lowest BCUT2D eigenvalue weighted by molar-refractivity contribution is -0.139. The van der Waals surface area contributed by atoms with Crippen molar-refractivity contribution in [3.8, 4) is 5.69 Å². The molecule has 1 atom stereocenters. The molecule has 0 radical (unpaired) electrons. The van der Waals surface area contributed by atoms with Gasteiger partial charge in [0.1, 0.15) is 16.3 Å². The van der Waals surface area contributed by atoms with E-state index in [0.717, 1.165) is 27.7 Å². The minimum absolute atomic E-state index is 0.195. The molecular weight excluding hydrogens is 386 g/mol. The van der Waals surface area contributed by atoms with Gasteiger partial charge in [0, 0.05) is 10.9 Å². The van der Waals surface area contributed by atoms with E-state index < -0.39 is 5.25 Å². The van der Waals surface area contributed by atoms with Crippen LogP contribution in [0.1, 0.15) is 18.1 Å². The van der Waals surface area contributed by atoms with Gasteiger partial charge in [-0.1, -0.05) is 42.1 Å². The predicted octanol–water partition coefficient (Wildman–Crippen LogP) is 4.14. The van der Waals surface area contributed by atoms with Gasteiger partial charge in [-0.25, -0.2) is 4.98 Å². The van der Waals surface area contributed by atoms with Crippen LogP contribution in [0.2, 0.25) is 0 Å². The molecule has 7 heteroatoms. The minimum atomic E-state index is -0.508. The number of aromatic amines is 1. The molecule has 2 aromatic carbocycles. The van der Waals surface area contributed by atoms with Crippen molar-refractivity contribution in [2.75, 3.05) is 7.11 Å². The number of hydrogen-bond donors (Lipinski definition) is 1. The number of methoxy groups -OCH3 is 1. The van der Waals surface area contributed by atoms with Crippen LogP contribution in [-0.4, -0.2) is 32.9 Å². The molecule has 29 heavy (non-hydrogen) atoms. The number of thioether (sulfide) groups is 1. The van der Waals surface area contributed by atoms with Crippen LogP contribution in [-0.2, 0) is 9.53 Å². The Morgan fingerprint density at radius 1 is 1.21 bits per heavy atom. The van der Waals surface area contributed by atoms with Gasteiger partial charge < -0.3 is 9.72 Å². The van der Waals surface area contributed by atoms with Gasteiger partial charge in [0.05, 0.1) is 12.8 Å². The number of ether oxygens (including phenoxy) is 1. The first-order chi connectivity index (χ1) is 13.9. The second-order valence-corrected chi connectivity index (χ2v) is 8.31. The number of nitrogens with one attached hydrogen (secondary N) is 1. The summed E-state index contributed by atoms with van der Waals surface area (Å²) in [5.41, 5.74) is 4.44. The van der Waals surface area contributed by atoms with Crippen LogP contribution in [0.3, 0.4) is 0 Å². The van der Waals surface area contributed by atoms with Crippen LogP contribution in [0.4, 0.5) is 0 Å². The highest BCUT2D eigenvalue weighted by molar-refractivity contribution is 8.00. The summed E-state index contributed by atoms with van der Waals surface area (Å²) in [5, 5.41) is 0.824. The molecule has 0 aliphatic carbocycles. The molecule has 1 N–H and O–H groups in total. The van der Waals surface area contributed by atoms with Gasteiger partial charge in [0.15, 0.2) is 5.16 Å². The number of carbonyl (C=O) groups is 1. The van der Waals surface area contributed by atoms with Gasteiger partial charge in [-0.2, -0.15) is 0 Å². The highest BCUT2D eigenvalue weighted by Crippen LogP contribution is 2.29. The van der Waals surface area contributed by atoms with Gasteiger partial charge in [-0.3, -0.25) is 14.2 Å². The summed E-state index contributed by atoms with van der Waals surface area (Å²) in [6.45, 7) is 5.68. The molecule has 0 saturated carbocycles. The van der Waals surface area contributed by atoms with Crippen molar-refractivity contribution >= 4 is 39.7 Å². The lowest BCUT2D eigenvalue weighted by Gasteiger charge is -2.16. The summed E-state index contributed by atoms with van der Waals surface area (Å²) >= 11 is 1.22. The van der Waals surface area contributed by atoms with Crippen molar-refractivity contribution in [2.45, 2.75) is 31.2 Å². The van der Waals surface area contributed by atoms with Gasteiger partial charge in [0.2, 0.25) is 0 Å². The average molecular weight is 407 g/mol. The number of rotatable bonds is 4. The number of hydrogen-bond acceptors (Lipinski definition) is 5. The third-order valence-electron chi connectivity index (χ3n) is 4.92. The number of esters is 1. The highest BCUT2D eigenvalue weighted by atomic mass is 32.2. The molecule has 0 bridgehead atoms. The Morgan fingerprint density at radius 3 is 2.72 bits per heavy atom. The number of fused-ring (bicyclic) bond motifs is 3. The Hall–Kier alpha value is -3.06. The van der Waals surface area contributed by atoms with E-state index in [1.165, 1.54) is 18.9 Å². The fraction of sp³-hybridized carbons (Fsp3) is 0.227. The molecular formula is C22H21N3O3S. The zero-order valence-electron chi connectivity index (χ0n) is 16.6. The molecule has 6 nitrogen and oxygen atoms in total. The van der Waals surface area contributed by atoms with Gasteiger partial charge in [0.25, 0.3) is 5.56 Å². The molecule has 0 fully saturated rings. The number of benzene rings is 2. The standard InChI is InChI=1S/C22H21N3O3S/c1-12-9-10-13(2)17(11-12)25-20(26)19-18(15-7-5-6-8-16(15)23-19)24-22(25)29-14(3)21(27)28-4/h5-11,14,23H,1-4H3. The third-order valence-corrected chi connectivity index (χ3v) is 5.95. The Kier molecular flexibility index (Phi) is 4.92. The smallest absolute Gasteiger partial charge is 0.318 e. The number of H-pyrrole nitrogens is 1. The molecule has 148 valence electrons. The fourth-order valence-electron chi connectivity index (χ4n) is 3.37. The van der Waals surface area contributed by atoms with Crippen LogP contribution in [0.15, 0.2) is 52.4 Å². The predicted molar refractivity (Wildman–Crippen MR) is 116 cm³/mol. The van der Waals surface area contributed by atoms with Gasteiger partial charge in [-0.15, -0.1) is 0 Å². The summed E-state index contributed by atoms with van der Waals surface area (Å²) < 4.78 is 6.45. The van der Waals surface area contributed by atoms with E-state index in [2.05, 4.69) is 4.98 Å².